The largest absolute Gasteiger partial charge is 0.349 e. The lowest BCUT2D eigenvalue weighted by Crippen LogP contribution is -2.23. The van der Waals surface area contributed by atoms with Crippen LogP contribution in [0.4, 0.5) is 5.69 Å². The summed E-state index contributed by atoms with van der Waals surface area (Å²) in [5, 5.41) is 3.74. The van der Waals surface area contributed by atoms with E-state index >= 15 is 0 Å². The van der Waals surface area contributed by atoms with E-state index in [-0.39, 0.29) is 15.6 Å². The smallest absolute Gasteiger partial charge is 0.240 e. The Bertz CT molecular complexity index is 1070. The highest BCUT2D eigenvalue weighted by Gasteiger charge is 2.24. The number of nitrogens with zero attached hydrogens (tertiary/aromatic N) is 1. The molecule has 1 heterocycles. The van der Waals surface area contributed by atoms with E-state index in [2.05, 4.69) is 5.32 Å². The van der Waals surface area contributed by atoms with Crippen molar-refractivity contribution in [2.24, 2.45) is 7.05 Å². The van der Waals surface area contributed by atoms with Crippen LogP contribution < -0.4 is 5.32 Å². The van der Waals surface area contributed by atoms with Gasteiger partial charge in [-0.15, -0.1) is 0 Å². The molecule has 25 heavy (non-hydrogen) atoms. The number of anilines is 1. The van der Waals surface area contributed by atoms with Gasteiger partial charge in [0.2, 0.25) is 5.91 Å². The summed E-state index contributed by atoms with van der Waals surface area (Å²) in [6, 6.07) is 11.7. The van der Waals surface area contributed by atoms with Gasteiger partial charge in [-0.1, -0.05) is 41.4 Å². The van der Waals surface area contributed by atoms with E-state index in [9.17, 15) is 13.2 Å². The van der Waals surface area contributed by atoms with Gasteiger partial charge in [-0.25, -0.2) is 8.42 Å². The molecule has 0 unspecified atom stereocenters. The van der Waals surface area contributed by atoms with Crippen LogP contribution in [0, 0.1) is 0 Å². The minimum atomic E-state index is -3.82. The Morgan fingerprint density at radius 2 is 1.88 bits per heavy atom. The first-order chi connectivity index (χ1) is 11.8. The standard InChI is InChI=1S/C17H14Cl2N2O3S/c1-21-9-16(12-4-2-3-5-15(12)21)25(23,24)10-17(22)20-14-8-11(18)6-7-13(14)19/h2-9H,10H2,1H3,(H,20,22). The molecule has 0 spiro atoms. The molecule has 3 rings (SSSR count). The predicted octanol–water partition coefficient (Wildman–Crippen LogP) is 3.90. The van der Waals surface area contributed by atoms with Crippen LogP contribution in [0.5, 0.6) is 0 Å². The second-order valence-electron chi connectivity index (χ2n) is 5.55. The normalized spacial score (nSPS) is 11.6. The number of carbonyl (C=O) groups excluding carboxylic acids is 1. The summed E-state index contributed by atoms with van der Waals surface area (Å²) in [4.78, 5) is 12.3. The predicted molar refractivity (Wildman–Crippen MR) is 100 cm³/mol. The van der Waals surface area contributed by atoms with Gasteiger partial charge in [0.25, 0.3) is 0 Å². The quantitative estimate of drug-likeness (QED) is 0.726. The van der Waals surface area contributed by atoms with Crippen LogP contribution in [0.2, 0.25) is 10.0 Å². The van der Waals surface area contributed by atoms with Gasteiger partial charge in [-0.3, -0.25) is 4.79 Å². The summed E-state index contributed by atoms with van der Waals surface area (Å²) in [6.45, 7) is 0. The van der Waals surface area contributed by atoms with Crippen LogP contribution in [0.1, 0.15) is 0 Å². The number of amides is 1. The fraction of sp³-hybridized carbons (Fsp3) is 0.118. The van der Waals surface area contributed by atoms with Crippen LogP contribution in [0.3, 0.4) is 0 Å². The molecule has 130 valence electrons. The lowest BCUT2D eigenvalue weighted by atomic mass is 10.2. The molecular weight excluding hydrogens is 383 g/mol. The van der Waals surface area contributed by atoms with Gasteiger partial charge in [0.1, 0.15) is 5.75 Å². The zero-order chi connectivity index (χ0) is 18.2. The fourth-order valence-corrected chi connectivity index (χ4v) is 4.32. The summed E-state index contributed by atoms with van der Waals surface area (Å²) in [5.41, 5.74) is 1.05. The number of benzene rings is 2. The van der Waals surface area contributed by atoms with Crippen LogP contribution in [-0.2, 0) is 21.7 Å². The zero-order valence-electron chi connectivity index (χ0n) is 13.2. The van der Waals surface area contributed by atoms with E-state index in [0.717, 1.165) is 5.52 Å². The number of para-hydroxylation sites is 1. The Labute approximate surface area is 155 Å². The van der Waals surface area contributed by atoms with Crippen molar-refractivity contribution in [2.75, 3.05) is 11.1 Å². The number of hydrogen-bond donors (Lipinski definition) is 1. The Hall–Kier alpha value is -2.02. The van der Waals surface area contributed by atoms with Crippen molar-refractivity contribution < 1.29 is 13.2 Å². The highest BCUT2D eigenvalue weighted by Crippen LogP contribution is 2.27. The van der Waals surface area contributed by atoms with Crippen LogP contribution >= 0.6 is 23.2 Å². The number of nitrogens with one attached hydrogen (secondary N) is 1. The lowest BCUT2D eigenvalue weighted by molar-refractivity contribution is -0.113. The van der Waals surface area contributed by atoms with Crippen LogP contribution in [0.15, 0.2) is 53.6 Å². The second kappa shape index (κ2) is 6.71. The molecule has 1 aromatic heterocycles. The van der Waals surface area contributed by atoms with E-state index in [4.69, 9.17) is 23.2 Å². The summed E-state index contributed by atoms with van der Waals surface area (Å²) >= 11 is 11.9. The van der Waals surface area contributed by atoms with Crippen molar-refractivity contribution in [3.05, 3.63) is 58.7 Å². The Balaban J connectivity index is 1.88. The van der Waals surface area contributed by atoms with Crippen molar-refractivity contribution in [2.45, 2.75) is 4.90 Å². The van der Waals surface area contributed by atoms with E-state index in [1.54, 1.807) is 29.8 Å². The number of sulfone groups is 1. The lowest BCUT2D eigenvalue weighted by Gasteiger charge is -2.08. The number of rotatable bonds is 4. The molecule has 0 saturated heterocycles. The van der Waals surface area contributed by atoms with Gasteiger partial charge in [0.15, 0.2) is 9.84 Å². The summed E-state index contributed by atoms with van der Waals surface area (Å²) in [6.07, 6.45) is 1.51. The number of aryl methyl sites for hydroxylation is 1. The van der Waals surface area contributed by atoms with Crippen molar-refractivity contribution >= 4 is 55.5 Å². The monoisotopic (exact) mass is 396 g/mol. The fourth-order valence-electron chi connectivity index (χ4n) is 2.58. The molecule has 2 aromatic carbocycles. The van der Waals surface area contributed by atoms with Crippen LogP contribution in [-0.4, -0.2) is 24.6 Å². The molecular formula is C17H14Cl2N2O3S. The average Bonchev–Trinajstić information content (AvgIpc) is 2.89. The first kappa shape index (κ1) is 17.8. The number of fused-ring (bicyclic) bond motifs is 1. The van der Waals surface area contributed by atoms with Crippen molar-refractivity contribution in [1.82, 2.24) is 4.57 Å². The third-order valence-electron chi connectivity index (χ3n) is 3.72. The van der Waals surface area contributed by atoms with Gasteiger partial charge in [0, 0.05) is 29.2 Å². The van der Waals surface area contributed by atoms with E-state index in [1.165, 1.54) is 18.3 Å². The summed E-state index contributed by atoms with van der Waals surface area (Å²) in [7, 11) is -2.06. The van der Waals surface area contributed by atoms with E-state index in [1.807, 2.05) is 12.1 Å². The molecule has 0 atom stereocenters. The van der Waals surface area contributed by atoms with Crippen LogP contribution in [0.25, 0.3) is 10.9 Å². The Morgan fingerprint density at radius 3 is 2.64 bits per heavy atom. The number of hydrogen-bond acceptors (Lipinski definition) is 3. The topological polar surface area (TPSA) is 68.2 Å². The van der Waals surface area contributed by atoms with Gasteiger partial charge >= 0.3 is 0 Å². The maximum absolute atomic E-state index is 12.7. The maximum atomic E-state index is 12.7. The number of carbonyl (C=O) groups is 1. The molecule has 1 amide bonds. The van der Waals surface area contributed by atoms with Gasteiger partial charge in [0.05, 0.1) is 15.6 Å². The maximum Gasteiger partial charge on any atom is 0.240 e. The Kier molecular flexibility index (Phi) is 4.77. The molecule has 8 heteroatoms. The molecule has 0 aliphatic carbocycles. The molecule has 0 radical (unpaired) electrons. The molecule has 0 aliphatic heterocycles. The third-order valence-corrected chi connectivity index (χ3v) is 5.92. The van der Waals surface area contributed by atoms with Gasteiger partial charge in [-0.2, -0.15) is 0 Å². The van der Waals surface area contributed by atoms with E-state index in [0.29, 0.717) is 10.4 Å². The van der Waals surface area contributed by atoms with Crippen molar-refractivity contribution in [1.29, 1.82) is 0 Å². The molecule has 5 nitrogen and oxygen atoms in total. The molecule has 0 aliphatic rings. The highest BCUT2D eigenvalue weighted by atomic mass is 35.5. The first-order valence-electron chi connectivity index (χ1n) is 7.29. The average molecular weight is 397 g/mol. The molecule has 1 N–H and O–H groups in total. The highest BCUT2D eigenvalue weighted by molar-refractivity contribution is 7.92. The molecule has 0 fully saturated rings. The van der Waals surface area contributed by atoms with Gasteiger partial charge < -0.3 is 9.88 Å². The Morgan fingerprint density at radius 1 is 1.16 bits per heavy atom. The van der Waals surface area contributed by atoms with E-state index < -0.39 is 21.5 Å². The molecule has 0 saturated carbocycles. The second-order valence-corrected chi connectivity index (χ2v) is 8.35. The summed E-state index contributed by atoms with van der Waals surface area (Å²) in [5.74, 6) is -1.37. The molecule has 0 bridgehead atoms. The van der Waals surface area contributed by atoms with Crippen molar-refractivity contribution in [3.63, 3.8) is 0 Å². The summed E-state index contributed by atoms with van der Waals surface area (Å²) < 4.78 is 27.1. The zero-order valence-corrected chi connectivity index (χ0v) is 15.5. The van der Waals surface area contributed by atoms with Crippen molar-refractivity contribution in [3.8, 4) is 0 Å². The minimum absolute atomic E-state index is 0.123. The first-order valence-corrected chi connectivity index (χ1v) is 9.70. The number of aromatic nitrogens is 1. The SMILES string of the molecule is Cn1cc(S(=O)(=O)CC(=O)Nc2cc(Cl)ccc2Cl)c2ccccc21. The third kappa shape index (κ3) is 3.66. The number of halogens is 2. The van der Waals surface area contributed by atoms with Gasteiger partial charge in [-0.05, 0) is 24.3 Å². The minimum Gasteiger partial charge on any atom is -0.349 e. The molecule has 3 aromatic rings.